The molecule has 0 amide bonds. The van der Waals surface area contributed by atoms with Crippen LogP contribution in [0.3, 0.4) is 0 Å². The van der Waals surface area contributed by atoms with Gasteiger partial charge in [-0.2, -0.15) is 0 Å². The summed E-state index contributed by atoms with van der Waals surface area (Å²) in [5.41, 5.74) is 2.31. The molecule has 0 unspecified atom stereocenters. The van der Waals surface area contributed by atoms with E-state index < -0.39 is 0 Å². The molecule has 0 saturated carbocycles. The zero-order chi connectivity index (χ0) is 12.6. The van der Waals surface area contributed by atoms with Gasteiger partial charge in [0.2, 0.25) is 0 Å². The van der Waals surface area contributed by atoms with Crippen molar-refractivity contribution in [2.75, 3.05) is 6.61 Å². The summed E-state index contributed by atoms with van der Waals surface area (Å²) in [6, 6.07) is 20.4. The fourth-order valence-electron chi connectivity index (χ4n) is 1.88. The smallest absolute Gasteiger partial charge is 0.108 e. The average molecular weight is 236 g/mol. The zero-order valence-electron chi connectivity index (χ0n) is 10.3. The first kappa shape index (κ1) is 12.4. The number of hydrogen-bond donors (Lipinski definition) is 0. The summed E-state index contributed by atoms with van der Waals surface area (Å²) in [4.78, 5) is 0. The van der Waals surface area contributed by atoms with Gasteiger partial charge in [-0.1, -0.05) is 60.7 Å². The van der Waals surface area contributed by atoms with Gasteiger partial charge in [-0.25, -0.2) is 0 Å². The molecule has 0 aliphatic carbocycles. The average Bonchev–Trinajstić information content (AvgIpc) is 2.46. The number of terminal acetylenes is 1. The molecule has 90 valence electrons. The summed E-state index contributed by atoms with van der Waals surface area (Å²) in [5, 5.41) is 0. The van der Waals surface area contributed by atoms with Crippen LogP contribution in [-0.4, -0.2) is 6.61 Å². The lowest BCUT2D eigenvalue weighted by molar-refractivity contribution is 0.0849. The zero-order valence-corrected chi connectivity index (χ0v) is 10.3. The highest BCUT2D eigenvalue weighted by atomic mass is 16.5. The van der Waals surface area contributed by atoms with Gasteiger partial charge in [0.05, 0.1) is 6.61 Å². The molecule has 0 atom stereocenters. The second-order valence-electron chi connectivity index (χ2n) is 4.03. The van der Waals surface area contributed by atoms with E-state index in [1.807, 2.05) is 36.4 Å². The van der Waals surface area contributed by atoms with Crippen LogP contribution in [0, 0.1) is 12.3 Å². The van der Waals surface area contributed by atoms with Gasteiger partial charge in [0.1, 0.15) is 6.10 Å². The van der Waals surface area contributed by atoms with Crippen LogP contribution in [0.4, 0.5) is 0 Å². The Morgan fingerprint density at radius 2 is 1.39 bits per heavy atom. The Kier molecular flexibility index (Phi) is 4.58. The first-order chi connectivity index (χ1) is 8.92. The van der Waals surface area contributed by atoms with E-state index in [0.717, 1.165) is 11.1 Å². The molecule has 0 aliphatic heterocycles. The highest BCUT2D eigenvalue weighted by molar-refractivity contribution is 5.29. The third kappa shape index (κ3) is 3.23. The maximum Gasteiger partial charge on any atom is 0.108 e. The molecule has 0 aromatic heterocycles. The molecule has 0 fully saturated rings. The standard InChI is InChI=1S/C17H16O/c1-2-3-14-18-17(15-10-6-4-7-11-15)16-12-8-5-9-13-16/h1,4-13,17H,3,14H2. The summed E-state index contributed by atoms with van der Waals surface area (Å²) < 4.78 is 5.91. The van der Waals surface area contributed by atoms with Gasteiger partial charge in [-0.05, 0) is 11.1 Å². The maximum atomic E-state index is 5.91. The molecule has 0 bridgehead atoms. The van der Waals surface area contributed by atoms with Crippen molar-refractivity contribution in [1.82, 2.24) is 0 Å². The molecule has 1 heteroatoms. The van der Waals surface area contributed by atoms with E-state index in [0.29, 0.717) is 13.0 Å². The van der Waals surface area contributed by atoms with Crippen LogP contribution in [0.2, 0.25) is 0 Å². The Balaban J connectivity index is 2.21. The van der Waals surface area contributed by atoms with Gasteiger partial charge in [-0.15, -0.1) is 12.3 Å². The molecular weight excluding hydrogens is 220 g/mol. The Labute approximate surface area is 108 Å². The van der Waals surface area contributed by atoms with Gasteiger partial charge in [0.25, 0.3) is 0 Å². The summed E-state index contributed by atoms with van der Waals surface area (Å²) in [6.45, 7) is 0.574. The number of rotatable bonds is 5. The second kappa shape index (κ2) is 6.64. The van der Waals surface area contributed by atoms with E-state index in [1.165, 1.54) is 0 Å². The van der Waals surface area contributed by atoms with Crippen LogP contribution < -0.4 is 0 Å². The van der Waals surface area contributed by atoms with Crippen LogP contribution in [0.25, 0.3) is 0 Å². The van der Waals surface area contributed by atoms with Crippen LogP contribution in [-0.2, 0) is 4.74 Å². The van der Waals surface area contributed by atoms with Crippen molar-refractivity contribution in [2.24, 2.45) is 0 Å². The molecule has 2 rings (SSSR count). The molecular formula is C17H16O. The lowest BCUT2D eigenvalue weighted by Gasteiger charge is -2.18. The van der Waals surface area contributed by atoms with Gasteiger partial charge < -0.3 is 4.74 Å². The third-order valence-corrected chi connectivity index (χ3v) is 2.74. The van der Waals surface area contributed by atoms with Gasteiger partial charge in [-0.3, -0.25) is 0 Å². The second-order valence-corrected chi connectivity index (χ2v) is 4.03. The van der Waals surface area contributed by atoms with Crippen molar-refractivity contribution in [1.29, 1.82) is 0 Å². The first-order valence-corrected chi connectivity index (χ1v) is 6.07. The highest BCUT2D eigenvalue weighted by Gasteiger charge is 2.13. The van der Waals surface area contributed by atoms with Crippen LogP contribution >= 0.6 is 0 Å². The fraction of sp³-hybridized carbons (Fsp3) is 0.176. The number of benzene rings is 2. The van der Waals surface area contributed by atoms with Crippen molar-refractivity contribution >= 4 is 0 Å². The minimum atomic E-state index is -0.0410. The Morgan fingerprint density at radius 3 is 1.83 bits per heavy atom. The van der Waals surface area contributed by atoms with Gasteiger partial charge >= 0.3 is 0 Å². The molecule has 18 heavy (non-hydrogen) atoms. The van der Waals surface area contributed by atoms with Crippen molar-refractivity contribution in [3.05, 3.63) is 71.8 Å². The molecule has 2 aromatic carbocycles. The van der Waals surface area contributed by atoms with Gasteiger partial charge in [0, 0.05) is 6.42 Å². The summed E-state index contributed by atoms with van der Waals surface area (Å²) in [6.07, 6.45) is 5.86. The predicted octanol–water partition coefficient (Wildman–Crippen LogP) is 3.82. The Hall–Kier alpha value is -2.04. The SMILES string of the molecule is C#CCCOC(c1ccccc1)c1ccccc1. The summed E-state index contributed by atoms with van der Waals surface area (Å²) >= 11 is 0. The fourth-order valence-corrected chi connectivity index (χ4v) is 1.88. The number of ether oxygens (including phenoxy) is 1. The van der Waals surface area contributed by atoms with E-state index in [-0.39, 0.29) is 6.10 Å². The lowest BCUT2D eigenvalue weighted by atomic mass is 10.0. The summed E-state index contributed by atoms with van der Waals surface area (Å²) in [7, 11) is 0. The van der Waals surface area contributed by atoms with E-state index in [4.69, 9.17) is 11.2 Å². The molecule has 0 spiro atoms. The van der Waals surface area contributed by atoms with Crippen LogP contribution in [0.1, 0.15) is 23.7 Å². The van der Waals surface area contributed by atoms with Crippen LogP contribution in [0.5, 0.6) is 0 Å². The minimum Gasteiger partial charge on any atom is -0.368 e. The lowest BCUT2D eigenvalue weighted by Crippen LogP contribution is -2.07. The normalized spacial score (nSPS) is 10.2. The van der Waals surface area contributed by atoms with Crippen molar-refractivity contribution in [3.8, 4) is 12.3 Å². The van der Waals surface area contributed by atoms with Crippen molar-refractivity contribution in [3.63, 3.8) is 0 Å². The molecule has 0 radical (unpaired) electrons. The molecule has 0 saturated heterocycles. The highest BCUT2D eigenvalue weighted by Crippen LogP contribution is 2.25. The molecule has 0 N–H and O–H groups in total. The number of hydrogen-bond acceptors (Lipinski definition) is 1. The molecule has 2 aromatic rings. The van der Waals surface area contributed by atoms with E-state index in [1.54, 1.807) is 0 Å². The first-order valence-electron chi connectivity index (χ1n) is 6.07. The Bertz CT molecular complexity index is 457. The maximum absolute atomic E-state index is 5.91. The van der Waals surface area contributed by atoms with Crippen molar-refractivity contribution in [2.45, 2.75) is 12.5 Å². The van der Waals surface area contributed by atoms with Gasteiger partial charge in [0.15, 0.2) is 0 Å². The Morgan fingerprint density at radius 1 is 0.889 bits per heavy atom. The molecule has 1 nitrogen and oxygen atoms in total. The van der Waals surface area contributed by atoms with E-state index in [2.05, 4.69) is 30.2 Å². The third-order valence-electron chi connectivity index (χ3n) is 2.74. The largest absolute Gasteiger partial charge is 0.368 e. The molecule has 0 heterocycles. The predicted molar refractivity (Wildman–Crippen MR) is 74.1 cm³/mol. The van der Waals surface area contributed by atoms with E-state index in [9.17, 15) is 0 Å². The van der Waals surface area contributed by atoms with E-state index >= 15 is 0 Å². The van der Waals surface area contributed by atoms with Crippen molar-refractivity contribution < 1.29 is 4.74 Å². The topological polar surface area (TPSA) is 9.23 Å². The summed E-state index contributed by atoms with van der Waals surface area (Å²) in [5.74, 6) is 2.60. The van der Waals surface area contributed by atoms with Crippen LogP contribution in [0.15, 0.2) is 60.7 Å². The quantitative estimate of drug-likeness (QED) is 0.566. The minimum absolute atomic E-state index is 0.0410. The monoisotopic (exact) mass is 236 g/mol. The molecule has 0 aliphatic rings.